The molecule has 0 spiro atoms. The zero-order valence-corrected chi connectivity index (χ0v) is 23.8. The Morgan fingerprint density at radius 3 is 2.36 bits per heavy atom. The molecule has 0 aliphatic carbocycles. The molecule has 3 amide bonds. The van der Waals surface area contributed by atoms with E-state index in [4.69, 9.17) is 20.9 Å². The largest absolute Gasteiger partial charge is 0.493 e. The van der Waals surface area contributed by atoms with Gasteiger partial charge in [-0.15, -0.1) is 0 Å². The number of carbonyl (C=O) groups is 3. The minimum atomic E-state index is -1.12. The summed E-state index contributed by atoms with van der Waals surface area (Å²) in [6, 6.07) is 9.44. The third-order valence-corrected chi connectivity index (χ3v) is 7.31. The fourth-order valence-electron chi connectivity index (χ4n) is 4.12. The van der Waals surface area contributed by atoms with E-state index < -0.39 is 23.8 Å². The van der Waals surface area contributed by atoms with Gasteiger partial charge in [0.05, 0.1) is 19.9 Å². The quantitative estimate of drug-likeness (QED) is 0.325. The summed E-state index contributed by atoms with van der Waals surface area (Å²) in [6.07, 6.45) is 0.756. The topological polar surface area (TPSA) is 150 Å². The summed E-state index contributed by atoms with van der Waals surface area (Å²) < 4.78 is 14.9. The Kier molecular flexibility index (Phi) is 9.52. The molecule has 0 bridgehead atoms. The number of rotatable bonds is 11. The fourth-order valence-corrected chi connectivity index (χ4v) is 4.86. The number of nitrogen functional groups attached to an aromatic ring is 1. The number of hydrogen-bond donors (Lipinski definition) is 3. The van der Waals surface area contributed by atoms with Crippen molar-refractivity contribution in [1.82, 2.24) is 9.69 Å². The van der Waals surface area contributed by atoms with Crippen LogP contribution in [0.15, 0.2) is 36.4 Å². The predicted octanol–water partition coefficient (Wildman–Crippen LogP) is 4.01. The molecule has 2 aromatic carbocycles. The van der Waals surface area contributed by atoms with E-state index in [2.05, 4.69) is 23.5 Å². The van der Waals surface area contributed by atoms with Gasteiger partial charge >= 0.3 is 0 Å². The van der Waals surface area contributed by atoms with Gasteiger partial charge in [-0.3, -0.25) is 19.3 Å². The Labute approximate surface area is 232 Å². The molecule has 3 rings (SSSR count). The number of ether oxygens (including phenoxy) is 2. The number of hydrogen-bond acceptors (Lipinski definition) is 8. The van der Waals surface area contributed by atoms with Gasteiger partial charge in [0.25, 0.3) is 11.8 Å². The first-order valence-corrected chi connectivity index (χ1v) is 13.2. The van der Waals surface area contributed by atoms with Gasteiger partial charge in [0.15, 0.2) is 17.2 Å². The maximum atomic E-state index is 14.3. The van der Waals surface area contributed by atoms with Gasteiger partial charge in [0.1, 0.15) is 10.9 Å². The lowest BCUT2D eigenvalue weighted by Gasteiger charge is -2.33. The Morgan fingerprint density at radius 2 is 1.77 bits per heavy atom. The highest BCUT2D eigenvalue weighted by atomic mass is 32.1. The number of primary amides is 1. The highest BCUT2D eigenvalue weighted by molar-refractivity contribution is 7.09. The van der Waals surface area contributed by atoms with E-state index in [1.165, 1.54) is 19.1 Å². The number of benzene rings is 2. The molecule has 0 saturated heterocycles. The molecule has 208 valence electrons. The van der Waals surface area contributed by atoms with Crippen molar-refractivity contribution in [3.63, 3.8) is 0 Å². The van der Waals surface area contributed by atoms with Crippen LogP contribution in [0.4, 0.5) is 11.4 Å². The SMILES string of the molecule is COc1ccc(C(C(=O)NCCC(C)C)N(C(=O)c2snc(C(N)=O)c2N)c2cccc(C)c2C)cc1OC. The minimum Gasteiger partial charge on any atom is -0.493 e. The number of anilines is 2. The Bertz CT molecular complexity index is 1370. The lowest BCUT2D eigenvalue weighted by Crippen LogP contribution is -2.44. The van der Waals surface area contributed by atoms with Crippen molar-refractivity contribution < 1.29 is 23.9 Å². The number of nitrogens with zero attached hydrogens (tertiary/aromatic N) is 2. The van der Waals surface area contributed by atoms with Crippen LogP contribution in [0.2, 0.25) is 0 Å². The smallest absolute Gasteiger partial charge is 0.273 e. The van der Waals surface area contributed by atoms with Crippen LogP contribution in [-0.4, -0.2) is 42.9 Å². The number of amides is 3. The first-order valence-electron chi connectivity index (χ1n) is 12.5. The van der Waals surface area contributed by atoms with E-state index in [1.54, 1.807) is 24.3 Å². The van der Waals surface area contributed by atoms with Crippen LogP contribution >= 0.6 is 11.5 Å². The number of aromatic nitrogens is 1. The molecule has 0 aliphatic heterocycles. The van der Waals surface area contributed by atoms with Crippen LogP contribution < -0.4 is 31.2 Å². The number of methoxy groups -OCH3 is 2. The lowest BCUT2D eigenvalue weighted by atomic mass is 9.99. The molecule has 1 heterocycles. The van der Waals surface area contributed by atoms with Crippen molar-refractivity contribution in [2.75, 3.05) is 31.4 Å². The van der Waals surface area contributed by atoms with Crippen molar-refractivity contribution in [3.05, 3.63) is 63.7 Å². The van der Waals surface area contributed by atoms with E-state index in [0.717, 1.165) is 29.1 Å². The third-order valence-electron chi connectivity index (χ3n) is 6.46. The van der Waals surface area contributed by atoms with E-state index in [1.807, 2.05) is 26.0 Å². The highest BCUT2D eigenvalue weighted by Gasteiger charge is 2.37. The molecule has 11 heteroatoms. The Morgan fingerprint density at radius 1 is 1.08 bits per heavy atom. The fraction of sp³-hybridized carbons (Fsp3) is 0.357. The molecule has 39 heavy (non-hydrogen) atoms. The van der Waals surface area contributed by atoms with Crippen molar-refractivity contribution >= 4 is 40.6 Å². The molecule has 1 atom stereocenters. The molecule has 3 aromatic rings. The second-order valence-electron chi connectivity index (χ2n) is 9.52. The molecule has 0 aliphatic rings. The van der Waals surface area contributed by atoms with Gasteiger partial charge in [0.2, 0.25) is 5.91 Å². The van der Waals surface area contributed by atoms with Crippen molar-refractivity contribution in [3.8, 4) is 11.5 Å². The standard InChI is InChI=1S/C28H35N5O5S/c1-15(2)12-13-31-27(35)24(18-10-11-20(37-5)21(14-18)38-6)33(19-9-7-8-16(3)17(19)4)28(36)25-22(29)23(26(30)34)32-39-25/h7-11,14-15,24H,12-13,29H2,1-6H3,(H2,30,34)(H,31,35). The van der Waals surface area contributed by atoms with Gasteiger partial charge < -0.3 is 26.3 Å². The zero-order valence-electron chi connectivity index (χ0n) is 23.0. The summed E-state index contributed by atoms with van der Waals surface area (Å²) in [5.74, 6) is -0.589. The monoisotopic (exact) mass is 553 g/mol. The zero-order chi connectivity index (χ0) is 28.9. The van der Waals surface area contributed by atoms with Gasteiger partial charge in [0, 0.05) is 12.2 Å². The summed E-state index contributed by atoms with van der Waals surface area (Å²) in [5.41, 5.74) is 14.0. The first kappa shape index (κ1) is 29.4. The Balaban J connectivity index is 2.27. The minimum absolute atomic E-state index is 0.00478. The first-order chi connectivity index (χ1) is 18.5. The molecule has 1 aromatic heterocycles. The van der Waals surface area contributed by atoms with Gasteiger partial charge in [-0.25, -0.2) is 0 Å². The van der Waals surface area contributed by atoms with Crippen molar-refractivity contribution in [2.24, 2.45) is 11.7 Å². The maximum absolute atomic E-state index is 14.3. The second kappa shape index (κ2) is 12.6. The van der Waals surface area contributed by atoms with E-state index in [-0.39, 0.29) is 16.3 Å². The van der Waals surface area contributed by atoms with E-state index >= 15 is 0 Å². The normalized spacial score (nSPS) is 11.7. The summed E-state index contributed by atoms with van der Waals surface area (Å²) in [7, 11) is 3.01. The number of nitrogens with one attached hydrogen (secondary N) is 1. The number of nitrogens with two attached hydrogens (primary N) is 2. The molecule has 1 unspecified atom stereocenters. The average molecular weight is 554 g/mol. The Hall–Kier alpha value is -4.12. The van der Waals surface area contributed by atoms with Crippen LogP contribution in [0.3, 0.4) is 0 Å². The van der Waals surface area contributed by atoms with Gasteiger partial charge in [-0.05, 0) is 72.6 Å². The molecule has 0 saturated carbocycles. The summed E-state index contributed by atoms with van der Waals surface area (Å²) in [5, 5.41) is 2.98. The van der Waals surface area contributed by atoms with Gasteiger partial charge in [-0.1, -0.05) is 32.0 Å². The van der Waals surface area contributed by atoms with Crippen molar-refractivity contribution in [2.45, 2.75) is 40.2 Å². The molecule has 0 radical (unpaired) electrons. The average Bonchev–Trinajstić information content (AvgIpc) is 3.29. The number of aryl methyl sites for hydroxylation is 1. The van der Waals surface area contributed by atoms with Crippen LogP contribution in [0.5, 0.6) is 11.5 Å². The molecule has 10 nitrogen and oxygen atoms in total. The third kappa shape index (κ3) is 6.31. The summed E-state index contributed by atoms with van der Waals surface area (Å²) >= 11 is 0.762. The van der Waals surface area contributed by atoms with Crippen LogP contribution in [0.25, 0.3) is 0 Å². The van der Waals surface area contributed by atoms with Crippen LogP contribution in [-0.2, 0) is 4.79 Å². The molecular weight excluding hydrogens is 518 g/mol. The lowest BCUT2D eigenvalue weighted by molar-refractivity contribution is -0.122. The number of carbonyl (C=O) groups excluding carboxylic acids is 3. The molecule has 0 fully saturated rings. The van der Waals surface area contributed by atoms with Crippen molar-refractivity contribution in [1.29, 1.82) is 0 Å². The van der Waals surface area contributed by atoms with Crippen LogP contribution in [0.1, 0.15) is 63.2 Å². The second-order valence-corrected chi connectivity index (χ2v) is 10.3. The van der Waals surface area contributed by atoms with Crippen LogP contribution in [0, 0.1) is 19.8 Å². The van der Waals surface area contributed by atoms with E-state index in [9.17, 15) is 14.4 Å². The molecule has 5 N–H and O–H groups in total. The van der Waals surface area contributed by atoms with E-state index in [0.29, 0.717) is 35.2 Å². The maximum Gasteiger partial charge on any atom is 0.273 e. The molecular formula is C28H35N5O5S. The van der Waals surface area contributed by atoms with Gasteiger partial charge in [-0.2, -0.15) is 4.37 Å². The summed E-state index contributed by atoms with van der Waals surface area (Å²) in [6.45, 7) is 8.34. The highest BCUT2D eigenvalue weighted by Crippen LogP contribution is 2.38. The predicted molar refractivity (Wildman–Crippen MR) is 153 cm³/mol. The summed E-state index contributed by atoms with van der Waals surface area (Å²) in [4.78, 5) is 41.4.